The molecule has 2 amide bonds. The molecule has 3 rings (SSSR count). The quantitative estimate of drug-likeness (QED) is 0.825. The van der Waals surface area contributed by atoms with E-state index >= 15 is 0 Å². The zero-order valence-corrected chi connectivity index (χ0v) is 12.1. The van der Waals surface area contributed by atoms with E-state index in [0.29, 0.717) is 11.4 Å². The number of nitrogens with zero attached hydrogens (tertiary/aromatic N) is 1. The van der Waals surface area contributed by atoms with Crippen LogP contribution in [-0.2, 0) is 0 Å². The maximum absolute atomic E-state index is 13.2. The first kappa shape index (κ1) is 13.9. The predicted molar refractivity (Wildman–Crippen MR) is 81.6 cm³/mol. The maximum Gasteiger partial charge on any atom is 0.326 e. The van der Waals surface area contributed by atoms with Gasteiger partial charge in [-0.15, -0.1) is 0 Å². The van der Waals surface area contributed by atoms with E-state index in [1.807, 2.05) is 0 Å². The maximum atomic E-state index is 13.2. The van der Waals surface area contributed by atoms with Gasteiger partial charge in [0.05, 0.1) is 11.4 Å². The highest BCUT2D eigenvalue weighted by atomic mass is 19.1. The van der Waals surface area contributed by atoms with Gasteiger partial charge < -0.3 is 10.6 Å². The first-order valence-electron chi connectivity index (χ1n) is 7.46. The van der Waals surface area contributed by atoms with Crippen molar-refractivity contribution in [2.45, 2.75) is 38.6 Å². The van der Waals surface area contributed by atoms with E-state index in [1.54, 1.807) is 18.5 Å². The molecule has 0 aromatic heterocycles. The smallest absolute Gasteiger partial charge is 0.326 e. The minimum absolute atomic E-state index is 0.153. The normalized spacial score (nSPS) is 24.2. The summed E-state index contributed by atoms with van der Waals surface area (Å²) in [6.45, 7) is 2.25. The van der Waals surface area contributed by atoms with E-state index in [9.17, 15) is 9.18 Å². The number of urea groups is 1. The second kappa shape index (κ2) is 5.76. The van der Waals surface area contributed by atoms with Crippen LogP contribution < -0.4 is 15.5 Å². The molecule has 21 heavy (non-hydrogen) atoms. The SMILES string of the molecule is C[C@H]1CC[C@H](NC(=O)N2C=CNc3cc(F)ccc32)CC1. The molecule has 112 valence electrons. The second-order valence-corrected chi connectivity index (χ2v) is 5.90. The zero-order chi connectivity index (χ0) is 14.8. The molecule has 2 aliphatic rings. The number of amides is 2. The second-order valence-electron chi connectivity index (χ2n) is 5.90. The van der Waals surface area contributed by atoms with Crippen molar-refractivity contribution in [3.05, 3.63) is 36.4 Å². The van der Waals surface area contributed by atoms with Crippen LogP contribution in [0.3, 0.4) is 0 Å². The first-order chi connectivity index (χ1) is 10.1. The lowest BCUT2D eigenvalue weighted by atomic mass is 9.87. The van der Waals surface area contributed by atoms with Crippen LogP contribution in [0.4, 0.5) is 20.6 Å². The molecule has 0 radical (unpaired) electrons. The molecule has 0 saturated heterocycles. The van der Waals surface area contributed by atoms with Crippen molar-refractivity contribution in [1.29, 1.82) is 0 Å². The minimum atomic E-state index is -0.321. The van der Waals surface area contributed by atoms with E-state index < -0.39 is 0 Å². The molecule has 1 fully saturated rings. The Bertz CT molecular complexity index is 565. The predicted octanol–water partition coefficient (Wildman–Crippen LogP) is 3.82. The highest BCUT2D eigenvalue weighted by Crippen LogP contribution is 2.30. The Labute approximate surface area is 124 Å². The van der Waals surface area contributed by atoms with Crippen molar-refractivity contribution in [3.8, 4) is 0 Å². The number of benzene rings is 1. The Morgan fingerprint density at radius 1 is 1.33 bits per heavy atom. The van der Waals surface area contributed by atoms with Crippen molar-refractivity contribution < 1.29 is 9.18 Å². The van der Waals surface area contributed by atoms with Crippen LogP contribution in [0.5, 0.6) is 0 Å². The van der Waals surface area contributed by atoms with Crippen LogP contribution >= 0.6 is 0 Å². The number of rotatable bonds is 1. The summed E-state index contributed by atoms with van der Waals surface area (Å²) in [5, 5.41) is 6.03. The molecular weight excluding hydrogens is 269 g/mol. The Morgan fingerprint density at radius 2 is 2.10 bits per heavy atom. The Kier molecular flexibility index (Phi) is 3.82. The van der Waals surface area contributed by atoms with E-state index in [2.05, 4.69) is 17.6 Å². The molecule has 1 aliphatic carbocycles. The Balaban J connectivity index is 1.70. The fourth-order valence-electron chi connectivity index (χ4n) is 2.94. The molecule has 0 spiro atoms. The first-order valence-corrected chi connectivity index (χ1v) is 7.46. The van der Waals surface area contributed by atoms with Gasteiger partial charge in [-0.1, -0.05) is 6.92 Å². The van der Waals surface area contributed by atoms with Gasteiger partial charge in [-0.3, -0.25) is 4.90 Å². The van der Waals surface area contributed by atoms with Gasteiger partial charge in [0.1, 0.15) is 5.82 Å². The number of carbonyl (C=O) groups excluding carboxylic acids is 1. The lowest BCUT2D eigenvalue weighted by molar-refractivity contribution is 0.236. The zero-order valence-electron chi connectivity index (χ0n) is 12.1. The fourth-order valence-corrected chi connectivity index (χ4v) is 2.94. The molecule has 5 heteroatoms. The van der Waals surface area contributed by atoms with E-state index in [4.69, 9.17) is 0 Å². The van der Waals surface area contributed by atoms with Gasteiger partial charge >= 0.3 is 6.03 Å². The van der Waals surface area contributed by atoms with Crippen molar-refractivity contribution >= 4 is 17.4 Å². The summed E-state index contributed by atoms with van der Waals surface area (Å²) in [5.41, 5.74) is 1.27. The van der Waals surface area contributed by atoms with E-state index in [1.165, 1.54) is 17.0 Å². The lowest BCUT2D eigenvalue weighted by Crippen LogP contribution is -2.44. The van der Waals surface area contributed by atoms with Crippen molar-refractivity contribution in [2.75, 3.05) is 10.2 Å². The summed E-state index contributed by atoms with van der Waals surface area (Å²) in [5.74, 6) is 0.430. The van der Waals surface area contributed by atoms with Crippen molar-refractivity contribution in [1.82, 2.24) is 5.32 Å². The number of anilines is 2. The van der Waals surface area contributed by atoms with Crippen LogP contribution in [0, 0.1) is 11.7 Å². The van der Waals surface area contributed by atoms with Crippen molar-refractivity contribution in [3.63, 3.8) is 0 Å². The van der Waals surface area contributed by atoms with Gasteiger partial charge in [-0.2, -0.15) is 0 Å². The number of hydrogen-bond donors (Lipinski definition) is 2. The van der Waals surface area contributed by atoms with Gasteiger partial charge in [-0.05, 0) is 49.8 Å². The Morgan fingerprint density at radius 3 is 2.86 bits per heavy atom. The van der Waals surface area contributed by atoms with Gasteiger partial charge in [-0.25, -0.2) is 9.18 Å². The molecule has 0 bridgehead atoms. The molecule has 1 aromatic carbocycles. The summed E-state index contributed by atoms with van der Waals surface area (Å²) in [4.78, 5) is 14.0. The monoisotopic (exact) mass is 289 g/mol. The largest absolute Gasteiger partial charge is 0.359 e. The van der Waals surface area contributed by atoms with E-state index in [-0.39, 0.29) is 17.9 Å². The average Bonchev–Trinajstić information content (AvgIpc) is 2.48. The number of nitrogens with one attached hydrogen (secondary N) is 2. The highest BCUT2D eigenvalue weighted by Gasteiger charge is 2.24. The standard InChI is InChI=1S/C16H20FN3O/c1-11-2-5-13(6-3-11)19-16(21)20-9-8-18-14-10-12(17)4-7-15(14)20/h4,7-11,13,18H,2-3,5-6H2,1H3,(H,19,21)/t11-,13-. The molecule has 0 atom stereocenters. The van der Waals surface area contributed by atoms with Crippen LogP contribution in [-0.4, -0.2) is 12.1 Å². The number of hydrogen-bond acceptors (Lipinski definition) is 2. The average molecular weight is 289 g/mol. The summed E-state index contributed by atoms with van der Waals surface area (Å²) >= 11 is 0. The Hall–Kier alpha value is -2.04. The minimum Gasteiger partial charge on any atom is -0.359 e. The van der Waals surface area contributed by atoms with Crippen LogP contribution in [0.1, 0.15) is 32.6 Å². The fraction of sp³-hybridized carbons (Fsp3) is 0.438. The van der Waals surface area contributed by atoms with Gasteiger partial charge in [0.25, 0.3) is 0 Å². The molecular formula is C16H20FN3O. The summed E-state index contributed by atoms with van der Waals surface area (Å²) < 4.78 is 13.2. The summed E-state index contributed by atoms with van der Waals surface area (Å²) in [6, 6.07) is 4.45. The third-order valence-corrected chi connectivity index (χ3v) is 4.24. The number of halogens is 1. The third-order valence-electron chi connectivity index (χ3n) is 4.24. The lowest BCUT2D eigenvalue weighted by Gasteiger charge is -2.30. The molecule has 2 N–H and O–H groups in total. The molecule has 1 aliphatic heterocycles. The van der Waals surface area contributed by atoms with Crippen LogP contribution in [0.2, 0.25) is 0 Å². The van der Waals surface area contributed by atoms with Gasteiger partial charge in [0, 0.05) is 18.4 Å². The van der Waals surface area contributed by atoms with E-state index in [0.717, 1.165) is 31.6 Å². The number of fused-ring (bicyclic) bond motifs is 1. The molecule has 1 heterocycles. The van der Waals surface area contributed by atoms with Crippen molar-refractivity contribution in [2.24, 2.45) is 5.92 Å². The molecule has 1 aromatic rings. The van der Waals surface area contributed by atoms with Gasteiger partial charge in [0.2, 0.25) is 0 Å². The topological polar surface area (TPSA) is 44.4 Å². The van der Waals surface area contributed by atoms with Crippen LogP contribution in [0.25, 0.3) is 0 Å². The summed E-state index contributed by atoms with van der Waals surface area (Å²) in [7, 11) is 0. The molecule has 4 nitrogen and oxygen atoms in total. The van der Waals surface area contributed by atoms with Crippen LogP contribution in [0.15, 0.2) is 30.6 Å². The highest BCUT2D eigenvalue weighted by molar-refractivity contribution is 5.98. The third kappa shape index (κ3) is 3.01. The molecule has 1 saturated carbocycles. The molecule has 0 unspecified atom stereocenters. The number of carbonyl (C=O) groups is 1. The van der Waals surface area contributed by atoms with Gasteiger partial charge in [0.15, 0.2) is 0 Å². The summed E-state index contributed by atoms with van der Waals surface area (Å²) in [6.07, 6.45) is 7.68.